The maximum atomic E-state index is 13.6. The van der Waals surface area contributed by atoms with E-state index in [0.717, 1.165) is 51.2 Å². The minimum atomic E-state index is -0.653. The van der Waals surface area contributed by atoms with Crippen LogP contribution in [0.15, 0.2) is 11.6 Å². The first-order chi connectivity index (χ1) is 14.8. The van der Waals surface area contributed by atoms with Crippen LogP contribution in [0.3, 0.4) is 0 Å². The Hall–Kier alpha value is -0.960. The molecule has 5 rings (SSSR count). The van der Waals surface area contributed by atoms with Gasteiger partial charge in [0.15, 0.2) is 0 Å². The number of carbonyl (C=O) groups is 2. The summed E-state index contributed by atoms with van der Waals surface area (Å²) in [5, 5.41) is 10.8. The third kappa shape index (κ3) is 2.70. The van der Waals surface area contributed by atoms with Crippen LogP contribution >= 0.6 is 0 Å². The lowest BCUT2D eigenvalue weighted by molar-refractivity contribution is -0.200. The van der Waals surface area contributed by atoms with Gasteiger partial charge in [-0.3, -0.25) is 4.79 Å². The van der Waals surface area contributed by atoms with Crippen LogP contribution in [0.1, 0.15) is 99.3 Å². The van der Waals surface area contributed by atoms with Gasteiger partial charge in [0.2, 0.25) is 0 Å². The molecule has 0 aromatic carbocycles. The summed E-state index contributed by atoms with van der Waals surface area (Å²) < 4.78 is 0. The van der Waals surface area contributed by atoms with E-state index < -0.39 is 11.5 Å². The van der Waals surface area contributed by atoms with Crippen molar-refractivity contribution in [2.75, 3.05) is 0 Å². The Labute approximate surface area is 194 Å². The van der Waals surface area contributed by atoms with Gasteiger partial charge in [0.05, 0.1) is 11.5 Å². The van der Waals surface area contributed by atoms with Crippen molar-refractivity contribution in [1.82, 2.24) is 0 Å². The number of carbonyl (C=O) groups excluding carboxylic acids is 2. The lowest BCUT2D eigenvalue weighted by atomic mass is 9.34. The summed E-state index contributed by atoms with van der Waals surface area (Å²) in [7, 11) is 0. The zero-order chi connectivity index (χ0) is 23.3. The molecule has 0 unspecified atom stereocenters. The van der Waals surface area contributed by atoms with E-state index in [2.05, 4.69) is 40.7 Å². The van der Waals surface area contributed by atoms with Crippen LogP contribution in [-0.4, -0.2) is 23.3 Å². The zero-order valence-electron chi connectivity index (χ0n) is 21.2. The third-order valence-electron chi connectivity index (χ3n) is 12.2. The maximum Gasteiger partial charge on any atom is 0.137 e. The molecular weight excluding hydrogens is 396 g/mol. The van der Waals surface area contributed by atoms with Gasteiger partial charge >= 0.3 is 0 Å². The van der Waals surface area contributed by atoms with Gasteiger partial charge in [-0.05, 0) is 85.4 Å². The van der Waals surface area contributed by atoms with Crippen molar-refractivity contribution in [3.05, 3.63) is 11.6 Å². The molecule has 0 aromatic rings. The van der Waals surface area contributed by atoms with Crippen molar-refractivity contribution in [1.29, 1.82) is 0 Å². The van der Waals surface area contributed by atoms with Gasteiger partial charge in [0.1, 0.15) is 12.1 Å². The Balaban J connectivity index is 1.59. The van der Waals surface area contributed by atoms with Crippen LogP contribution in [0.2, 0.25) is 0 Å². The number of aliphatic hydroxyl groups excluding tert-OH is 1. The van der Waals surface area contributed by atoms with E-state index in [1.165, 1.54) is 0 Å². The number of ketones is 1. The summed E-state index contributed by atoms with van der Waals surface area (Å²) in [6.45, 7) is 14.1. The average molecular weight is 441 g/mol. The second kappa shape index (κ2) is 6.80. The lowest BCUT2D eigenvalue weighted by Crippen LogP contribution is -2.65. The summed E-state index contributed by atoms with van der Waals surface area (Å²) in [4.78, 5) is 25.8. The minimum Gasteiger partial charge on any atom is -0.392 e. The standard InChI is InChI=1S/C29H44O3/c1-25(2)12-9-18-19(15-25)20-7-8-23-26(3)13-11-24(32)27(4,17-30)22(26)10-14-28(23,5)29(20,6)16-21(18)31/h7,17-19,22-24,32H,8-16H2,1-6H3/t18-,19-,22+,23+,24+,26+,27+,28-,29-/m1/s1. The topological polar surface area (TPSA) is 54.4 Å². The second-order valence-electron chi connectivity index (χ2n) is 14.1. The molecule has 0 radical (unpaired) electrons. The molecule has 0 bridgehead atoms. The Bertz CT molecular complexity index is 872. The van der Waals surface area contributed by atoms with Gasteiger partial charge < -0.3 is 9.90 Å². The molecule has 178 valence electrons. The fraction of sp³-hybridized carbons (Fsp3) is 0.862. The number of aliphatic hydroxyl groups is 1. The van der Waals surface area contributed by atoms with E-state index in [-0.39, 0.29) is 28.1 Å². The Morgan fingerprint density at radius 3 is 2.34 bits per heavy atom. The number of rotatable bonds is 1. The van der Waals surface area contributed by atoms with Crippen LogP contribution in [0.25, 0.3) is 0 Å². The highest BCUT2D eigenvalue weighted by atomic mass is 16.3. The summed E-state index contributed by atoms with van der Waals surface area (Å²) in [6.07, 6.45) is 11.9. The van der Waals surface area contributed by atoms with E-state index in [9.17, 15) is 14.7 Å². The van der Waals surface area contributed by atoms with Crippen LogP contribution in [0.5, 0.6) is 0 Å². The van der Waals surface area contributed by atoms with Crippen LogP contribution in [-0.2, 0) is 9.59 Å². The van der Waals surface area contributed by atoms with Crippen molar-refractivity contribution in [2.45, 2.75) is 105 Å². The molecule has 3 nitrogen and oxygen atoms in total. The Morgan fingerprint density at radius 2 is 1.66 bits per heavy atom. The van der Waals surface area contributed by atoms with Crippen molar-refractivity contribution < 1.29 is 14.7 Å². The molecule has 0 saturated heterocycles. The normalized spacial score (nSPS) is 54.4. The van der Waals surface area contributed by atoms with Gasteiger partial charge in [-0.2, -0.15) is 0 Å². The molecule has 0 aliphatic heterocycles. The summed E-state index contributed by atoms with van der Waals surface area (Å²) in [5.74, 6) is 1.83. The SMILES string of the molecule is CC1(C)CC[C@H]2C(=O)C[C@]3(C)C(=CC[C@H]4[C@@]5(C)CC[C@H](O)[C@@](C)(C=O)[C@H]5CC[C@]43C)[C@@H]2C1. The number of Topliss-reactive ketones (excluding diaryl/α,β-unsaturated/α-hetero) is 1. The predicted molar refractivity (Wildman–Crippen MR) is 127 cm³/mol. The molecule has 1 N–H and O–H groups in total. The summed E-state index contributed by atoms with van der Waals surface area (Å²) in [5.41, 5.74) is 1.27. The molecule has 0 amide bonds. The molecule has 0 aromatic heterocycles. The smallest absolute Gasteiger partial charge is 0.137 e. The van der Waals surface area contributed by atoms with Gasteiger partial charge in [0.25, 0.3) is 0 Å². The summed E-state index contributed by atoms with van der Waals surface area (Å²) in [6, 6.07) is 0. The van der Waals surface area contributed by atoms with Gasteiger partial charge in [-0.1, -0.05) is 53.2 Å². The number of aldehydes is 1. The molecule has 0 heterocycles. The molecule has 5 aliphatic carbocycles. The van der Waals surface area contributed by atoms with Crippen LogP contribution < -0.4 is 0 Å². The second-order valence-corrected chi connectivity index (χ2v) is 14.1. The first-order valence-corrected chi connectivity index (χ1v) is 13.2. The van der Waals surface area contributed by atoms with Crippen molar-refractivity contribution in [2.24, 2.45) is 50.7 Å². The van der Waals surface area contributed by atoms with Gasteiger partial charge in [0, 0.05) is 17.8 Å². The molecule has 0 spiro atoms. The fourth-order valence-electron chi connectivity index (χ4n) is 10.1. The molecular formula is C29H44O3. The lowest BCUT2D eigenvalue weighted by Gasteiger charge is -2.70. The predicted octanol–water partition coefficient (Wildman–Crippen LogP) is 6.14. The Kier molecular flexibility index (Phi) is 4.85. The quantitative estimate of drug-likeness (QED) is 0.394. The first-order valence-electron chi connectivity index (χ1n) is 13.2. The zero-order valence-corrected chi connectivity index (χ0v) is 21.2. The highest BCUT2D eigenvalue weighted by Gasteiger charge is 2.68. The van der Waals surface area contributed by atoms with E-state index in [4.69, 9.17) is 0 Å². The number of hydrogen-bond donors (Lipinski definition) is 1. The van der Waals surface area contributed by atoms with Crippen molar-refractivity contribution in [3.63, 3.8) is 0 Å². The average Bonchev–Trinajstić information content (AvgIpc) is 2.71. The van der Waals surface area contributed by atoms with Gasteiger partial charge in [-0.25, -0.2) is 0 Å². The van der Waals surface area contributed by atoms with Crippen molar-refractivity contribution in [3.8, 4) is 0 Å². The first kappa shape index (κ1) is 22.8. The molecule has 4 fully saturated rings. The number of allylic oxidation sites excluding steroid dienone is 2. The minimum absolute atomic E-state index is 0.0265. The molecule has 4 saturated carbocycles. The van der Waals surface area contributed by atoms with Crippen LogP contribution in [0, 0.1) is 50.7 Å². The largest absolute Gasteiger partial charge is 0.392 e. The number of fused-ring (bicyclic) bond motifs is 7. The van der Waals surface area contributed by atoms with E-state index in [0.29, 0.717) is 35.9 Å². The van der Waals surface area contributed by atoms with E-state index >= 15 is 0 Å². The highest BCUT2D eigenvalue weighted by molar-refractivity contribution is 5.85. The van der Waals surface area contributed by atoms with E-state index in [1.54, 1.807) is 5.57 Å². The maximum absolute atomic E-state index is 13.6. The summed E-state index contributed by atoms with van der Waals surface area (Å²) >= 11 is 0. The van der Waals surface area contributed by atoms with Crippen molar-refractivity contribution >= 4 is 12.1 Å². The fourth-order valence-corrected chi connectivity index (χ4v) is 10.1. The monoisotopic (exact) mass is 440 g/mol. The Morgan fingerprint density at radius 1 is 0.938 bits per heavy atom. The molecule has 32 heavy (non-hydrogen) atoms. The highest BCUT2D eigenvalue weighted by Crippen LogP contribution is 2.73. The third-order valence-corrected chi connectivity index (χ3v) is 12.2. The molecule has 3 heteroatoms. The number of hydrogen-bond acceptors (Lipinski definition) is 3. The molecule has 5 aliphatic rings. The van der Waals surface area contributed by atoms with Gasteiger partial charge in [-0.15, -0.1) is 0 Å². The molecule has 9 atom stereocenters. The van der Waals surface area contributed by atoms with Crippen LogP contribution in [0.4, 0.5) is 0 Å². The van der Waals surface area contributed by atoms with E-state index in [1.807, 2.05) is 6.92 Å².